The Morgan fingerprint density at radius 2 is 2.29 bits per heavy atom. The number of hydrogen-bond donors (Lipinski definition) is 1. The van der Waals surface area contributed by atoms with Crippen molar-refractivity contribution in [1.82, 2.24) is 9.55 Å². The van der Waals surface area contributed by atoms with Crippen LogP contribution in [0.25, 0.3) is 10.2 Å². The average Bonchev–Trinajstić information content (AvgIpc) is 2.70. The first-order valence-corrected chi connectivity index (χ1v) is 8.07. The van der Waals surface area contributed by atoms with Crippen molar-refractivity contribution in [2.75, 3.05) is 0 Å². The molecule has 0 bridgehead atoms. The summed E-state index contributed by atoms with van der Waals surface area (Å²) in [6.45, 7) is 10.9. The normalized spacial score (nSPS) is 16.9. The van der Waals surface area contributed by atoms with Gasteiger partial charge in [-0.3, -0.25) is 9.36 Å². The van der Waals surface area contributed by atoms with E-state index in [1.807, 2.05) is 6.92 Å². The number of fused-ring (bicyclic) bond motifs is 3. The van der Waals surface area contributed by atoms with Crippen LogP contribution in [0.2, 0.25) is 0 Å². The van der Waals surface area contributed by atoms with Crippen LogP contribution in [0.1, 0.15) is 31.2 Å². The number of hydrogen-bond acceptors (Lipinski definition) is 4. The smallest absolute Gasteiger partial charge is 0.263 e. The van der Waals surface area contributed by atoms with Crippen molar-refractivity contribution >= 4 is 33.8 Å². The third-order valence-corrected chi connectivity index (χ3v) is 5.08. The predicted molar refractivity (Wildman–Crippen MR) is 88.7 cm³/mol. The maximum atomic E-state index is 12.8. The van der Waals surface area contributed by atoms with Crippen LogP contribution < -0.4 is 5.56 Å². The molecular weight excluding hydrogens is 304 g/mol. The monoisotopic (exact) mass is 322 g/mol. The first-order valence-electron chi connectivity index (χ1n) is 6.84. The predicted octanol–water partition coefficient (Wildman–Crippen LogP) is 3.55. The molecule has 21 heavy (non-hydrogen) atoms. The second kappa shape index (κ2) is 4.90. The van der Waals surface area contributed by atoms with Crippen LogP contribution in [-0.2, 0) is 24.3 Å². The molecule has 0 fully saturated rings. The fourth-order valence-electron chi connectivity index (χ4n) is 2.67. The van der Waals surface area contributed by atoms with E-state index >= 15 is 0 Å². The molecule has 2 aromatic heterocycles. The highest BCUT2D eigenvalue weighted by molar-refractivity contribution is 7.71. The van der Waals surface area contributed by atoms with E-state index in [-0.39, 0.29) is 11.2 Å². The van der Waals surface area contributed by atoms with Gasteiger partial charge in [0.05, 0.1) is 17.6 Å². The van der Waals surface area contributed by atoms with Crippen LogP contribution in [0.3, 0.4) is 0 Å². The van der Waals surface area contributed by atoms with Gasteiger partial charge in [-0.25, -0.2) is 0 Å². The van der Waals surface area contributed by atoms with Crippen LogP contribution in [0, 0.1) is 4.77 Å². The second-order valence-corrected chi connectivity index (χ2v) is 7.70. The standard InChI is InChI=1S/C15H18N2O2S2/c1-8(2)6-17-13(18)11-9-5-15(3,4)19-7-10(9)21-12(11)16-14(17)20/h1,5-7H2,2-4H3,(H,16,20). The van der Waals surface area contributed by atoms with Gasteiger partial charge in [0.25, 0.3) is 5.56 Å². The topological polar surface area (TPSA) is 47.0 Å². The minimum Gasteiger partial charge on any atom is -0.370 e. The van der Waals surface area contributed by atoms with Gasteiger partial charge < -0.3 is 9.72 Å². The highest BCUT2D eigenvalue weighted by Gasteiger charge is 2.30. The molecule has 0 saturated carbocycles. The van der Waals surface area contributed by atoms with E-state index in [2.05, 4.69) is 25.4 Å². The van der Waals surface area contributed by atoms with Crippen LogP contribution >= 0.6 is 23.6 Å². The lowest BCUT2D eigenvalue weighted by Gasteiger charge is -2.29. The summed E-state index contributed by atoms with van der Waals surface area (Å²) < 4.78 is 7.88. The van der Waals surface area contributed by atoms with Crippen LogP contribution in [0.4, 0.5) is 0 Å². The zero-order valence-corrected chi connectivity index (χ0v) is 14.0. The zero-order valence-electron chi connectivity index (χ0n) is 12.4. The van der Waals surface area contributed by atoms with Gasteiger partial charge in [0.2, 0.25) is 0 Å². The molecule has 0 aliphatic carbocycles. The molecule has 4 nitrogen and oxygen atoms in total. The Balaban J connectivity index is 2.30. The Hall–Kier alpha value is -1.24. The first-order chi connectivity index (χ1) is 9.78. The van der Waals surface area contributed by atoms with Crippen LogP contribution in [-0.4, -0.2) is 15.2 Å². The van der Waals surface area contributed by atoms with Gasteiger partial charge in [0, 0.05) is 17.8 Å². The summed E-state index contributed by atoms with van der Waals surface area (Å²) in [7, 11) is 0. The second-order valence-electron chi connectivity index (χ2n) is 6.21. The minimum absolute atomic E-state index is 0.0213. The number of nitrogens with zero attached hydrogens (tertiary/aromatic N) is 1. The quantitative estimate of drug-likeness (QED) is 0.679. The van der Waals surface area contributed by atoms with Crippen molar-refractivity contribution in [3.63, 3.8) is 0 Å². The summed E-state index contributed by atoms with van der Waals surface area (Å²) in [5, 5.41) is 0.765. The van der Waals surface area contributed by atoms with Gasteiger partial charge in [-0.05, 0) is 38.6 Å². The summed E-state index contributed by atoms with van der Waals surface area (Å²) >= 11 is 6.89. The Morgan fingerprint density at radius 3 is 2.95 bits per heavy atom. The first kappa shape index (κ1) is 14.7. The number of nitrogens with one attached hydrogen (secondary N) is 1. The van der Waals surface area contributed by atoms with E-state index in [0.717, 1.165) is 32.7 Å². The SMILES string of the molecule is C=C(C)Cn1c(=S)[nH]c2sc3c(c2c1=O)CC(C)(C)OC3. The Labute approximate surface area is 132 Å². The van der Waals surface area contributed by atoms with Crippen LogP contribution in [0.15, 0.2) is 16.9 Å². The molecule has 0 saturated heterocycles. The van der Waals surface area contributed by atoms with Crippen molar-refractivity contribution in [3.8, 4) is 0 Å². The molecule has 0 radical (unpaired) electrons. The largest absolute Gasteiger partial charge is 0.370 e. The van der Waals surface area contributed by atoms with E-state index in [0.29, 0.717) is 17.9 Å². The number of aromatic nitrogens is 2. The van der Waals surface area contributed by atoms with Gasteiger partial charge >= 0.3 is 0 Å². The van der Waals surface area contributed by atoms with E-state index in [9.17, 15) is 4.79 Å². The Kier molecular flexibility index (Phi) is 3.43. The summed E-state index contributed by atoms with van der Waals surface area (Å²) in [4.78, 5) is 18.0. The number of H-pyrrole nitrogens is 1. The fraction of sp³-hybridized carbons (Fsp3) is 0.467. The van der Waals surface area contributed by atoms with E-state index in [1.165, 1.54) is 0 Å². The number of aromatic amines is 1. The maximum Gasteiger partial charge on any atom is 0.263 e. The Morgan fingerprint density at radius 1 is 1.57 bits per heavy atom. The van der Waals surface area contributed by atoms with Crippen molar-refractivity contribution in [2.24, 2.45) is 0 Å². The molecule has 2 aromatic rings. The fourth-order valence-corrected chi connectivity index (χ4v) is 4.11. The van der Waals surface area contributed by atoms with Crippen LogP contribution in [0.5, 0.6) is 0 Å². The molecule has 0 atom stereocenters. The molecule has 1 N–H and O–H groups in total. The average molecular weight is 322 g/mol. The molecule has 0 unspecified atom stereocenters. The van der Waals surface area contributed by atoms with Gasteiger partial charge in [-0.2, -0.15) is 0 Å². The van der Waals surface area contributed by atoms with Crippen molar-refractivity contribution < 1.29 is 4.74 Å². The van der Waals surface area contributed by atoms with E-state index < -0.39 is 0 Å². The van der Waals surface area contributed by atoms with Gasteiger partial charge in [0.1, 0.15) is 4.83 Å². The molecule has 0 aromatic carbocycles. The number of allylic oxidation sites excluding steroid dienone is 1. The van der Waals surface area contributed by atoms with Gasteiger partial charge in [-0.15, -0.1) is 11.3 Å². The number of rotatable bonds is 2. The van der Waals surface area contributed by atoms with Gasteiger partial charge in [-0.1, -0.05) is 12.2 Å². The van der Waals surface area contributed by atoms with E-state index in [4.69, 9.17) is 17.0 Å². The Bertz CT molecular complexity index is 855. The van der Waals surface area contributed by atoms with Crippen molar-refractivity contribution in [2.45, 2.75) is 45.9 Å². The lowest BCUT2D eigenvalue weighted by molar-refractivity contribution is -0.0379. The summed E-state index contributed by atoms with van der Waals surface area (Å²) in [6, 6.07) is 0. The molecule has 112 valence electrons. The molecule has 1 aliphatic rings. The molecule has 1 aliphatic heterocycles. The third kappa shape index (κ3) is 2.52. The molecule has 6 heteroatoms. The maximum absolute atomic E-state index is 12.8. The summed E-state index contributed by atoms with van der Waals surface area (Å²) in [5.41, 5.74) is 1.76. The summed E-state index contributed by atoms with van der Waals surface area (Å²) in [5.74, 6) is 0. The number of thiophene rings is 1. The molecule has 0 amide bonds. The summed E-state index contributed by atoms with van der Waals surface area (Å²) in [6.07, 6.45) is 0.745. The molecule has 3 rings (SSSR count). The highest BCUT2D eigenvalue weighted by atomic mass is 32.1. The minimum atomic E-state index is -0.237. The zero-order chi connectivity index (χ0) is 15.4. The molecule has 0 spiro atoms. The third-order valence-electron chi connectivity index (χ3n) is 3.64. The van der Waals surface area contributed by atoms with Gasteiger partial charge in [0.15, 0.2) is 4.77 Å². The lowest BCUT2D eigenvalue weighted by Crippen LogP contribution is -2.32. The highest BCUT2D eigenvalue weighted by Crippen LogP contribution is 2.36. The molecule has 3 heterocycles. The van der Waals surface area contributed by atoms with E-state index in [1.54, 1.807) is 15.9 Å². The van der Waals surface area contributed by atoms with Crippen molar-refractivity contribution in [1.29, 1.82) is 0 Å². The molecular formula is C15H18N2O2S2. The lowest BCUT2D eigenvalue weighted by atomic mass is 9.94. The van der Waals surface area contributed by atoms with Crippen molar-refractivity contribution in [3.05, 3.63) is 37.7 Å². The number of ether oxygens (including phenoxy) is 1.